The highest BCUT2D eigenvalue weighted by molar-refractivity contribution is 5.87. The van der Waals surface area contributed by atoms with Crippen LogP contribution >= 0.6 is 0 Å². The van der Waals surface area contributed by atoms with Gasteiger partial charge >= 0.3 is 0 Å². The van der Waals surface area contributed by atoms with Gasteiger partial charge in [0, 0.05) is 11.5 Å². The summed E-state index contributed by atoms with van der Waals surface area (Å²) in [7, 11) is 1.67. The molecule has 2 aliphatic carbocycles. The Morgan fingerprint density at radius 3 is 2.44 bits per heavy atom. The van der Waals surface area contributed by atoms with E-state index in [4.69, 9.17) is 14.2 Å². The molecule has 2 saturated carbocycles. The van der Waals surface area contributed by atoms with Crippen molar-refractivity contribution in [3.8, 4) is 5.75 Å². The molecular formula is C31H48O5. The summed E-state index contributed by atoms with van der Waals surface area (Å²) in [5, 5.41) is 10.2. The number of Topliss-reactive ketones (excluding diaryl/α,β-unsaturated/α-hetero) is 1. The zero-order chi connectivity index (χ0) is 26.1. The Morgan fingerprint density at radius 2 is 1.78 bits per heavy atom. The third kappa shape index (κ3) is 5.68. The van der Waals surface area contributed by atoms with Gasteiger partial charge < -0.3 is 19.3 Å². The first kappa shape index (κ1) is 27.6. The predicted octanol–water partition coefficient (Wildman–Crippen LogP) is 6.87. The number of ether oxygens (including phenoxy) is 3. The predicted molar refractivity (Wildman–Crippen MR) is 142 cm³/mol. The van der Waals surface area contributed by atoms with Crippen molar-refractivity contribution in [3.05, 3.63) is 29.8 Å². The molecule has 0 radical (unpaired) electrons. The number of carbonyl (C=O) groups excluding carboxylic acids is 1. The molecule has 202 valence electrons. The lowest BCUT2D eigenvalue weighted by Gasteiger charge is -2.44. The number of methoxy groups -OCH3 is 1. The molecule has 5 nitrogen and oxygen atoms in total. The fourth-order valence-electron chi connectivity index (χ4n) is 7.40. The van der Waals surface area contributed by atoms with Crippen LogP contribution in [0.5, 0.6) is 5.75 Å². The monoisotopic (exact) mass is 500 g/mol. The lowest BCUT2D eigenvalue weighted by Crippen LogP contribution is -2.45. The molecule has 0 spiro atoms. The highest BCUT2D eigenvalue weighted by Crippen LogP contribution is 2.58. The van der Waals surface area contributed by atoms with Crippen LogP contribution in [0, 0.1) is 29.1 Å². The summed E-state index contributed by atoms with van der Waals surface area (Å²) in [6, 6.07) is 7.94. The van der Waals surface area contributed by atoms with E-state index in [1.54, 1.807) is 7.11 Å². The third-order valence-corrected chi connectivity index (χ3v) is 9.62. The number of hydrogen-bond donors (Lipinski definition) is 1. The van der Waals surface area contributed by atoms with Crippen molar-refractivity contribution in [2.75, 3.05) is 7.11 Å². The molecule has 36 heavy (non-hydrogen) atoms. The molecule has 1 heterocycles. The Balaban J connectivity index is 1.45. The van der Waals surface area contributed by atoms with Gasteiger partial charge in [0.1, 0.15) is 11.9 Å². The molecule has 1 aromatic rings. The van der Waals surface area contributed by atoms with E-state index in [2.05, 4.69) is 34.6 Å². The van der Waals surface area contributed by atoms with Gasteiger partial charge in [-0.15, -0.1) is 0 Å². The molecule has 7 atom stereocenters. The fourth-order valence-corrected chi connectivity index (χ4v) is 7.40. The third-order valence-electron chi connectivity index (χ3n) is 9.62. The maximum absolute atomic E-state index is 12.9. The van der Waals surface area contributed by atoms with Crippen molar-refractivity contribution in [1.82, 2.24) is 0 Å². The Hall–Kier alpha value is -1.43. The molecule has 3 fully saturated rings. The van der Waals surface area contributed by atoms with Crippen LogP contribution in [0.2, 0.25) is 0 Å². The molecule has 0 bridgehead atoms. The van der Waals surface area contributed by atoms with Crippen LogP contribution in [0.3, 0.4) is 0 Å². The zero-order valence-corrected chi connectivity index (χ0v) is 23.3. The molecule has 0 aromatic heterocycles. The average Bonchev–Trinajstić information content (AvgIpc) is 3.35. The lowest BCUT2D eigenvalue weighted by molar-refractivity contribution is -0.141. The van der Waals surface area contributed by atoms with Crippen molar-refractivity contribution >= 4 is 5.78 Å². The summed E-state index contributed by atoms with van der Waals surface area (Å²) in [4.78, 5) is 12.9. The highest BCUT2D eigenvalue weighted by Gasteiger charge is 2.55. The van der Waals surface area contributed by atoms with E-state index in [0.29, 0.717) is 24.2 Å². The van der Waals surface area contributed by atoms with Gasteiger partial charge in [-0.1, -0.05) is 52.2 Å². The molecule has 5 unspecified atom stereocenters. The van der Waals surface area contributed by atoms with Crippen LogP contribution in [0.25, 0.3) is 0 Å². The van der Waals surface area contributed by atoms with Crippen molar-refractivity contribution in [2.24, 2.45) is 29.1 Å². The largest absolute Gasteiger partial charge is 0.497 e. The Labute approximate surface area is 218 Å². The van der Waals surface area contributed by atoms with Crippen LogP contribution in [-0.2, 0) is 14.3 Å². The van der Waals surface area contributed by atoms with Crippen molar-refractivity contribution < 1.29 is 24.1 Å². The number of benzene rings is 1. The first-order valence-electron chi connectivity index (χ1n) is 14.2. The lowest BCUT2D eigenvalue weighted by atomic mass is 9.60. The van der Waals surface area contributed by atoms with Gasteiger partial charge in [0.25, 0.3) is 0 Å². The van der Waals surface area contributed by atoms with Crippen molar-refractivity contribution in [1.29, 1.82) is 0 Å². The summed E-state index contributed by atoms with van der Waals surface area (Å²) in [5.41, 5.74) is 0.679. The second kappa shape index (κ2) is 11.1. The van der Waals surface area contributed by atoms with Crippen LogP contribution in [0.4, 0.5) is 0 Å². The minimum absolute atomic E-state index is 0.0208. The maximum atomic E-state index is 12.9. The van der Waals surface area contributed by atoms with Gasteiger partial charge in [0.05, 0.1) is 18.8 Å². The zero-order valence-electron chi connectivity index (χ0n) is 23.3. The number of aliphatic hydroxyl groups is 1. The summed E-state index contributed by atoms with van der Waals surface area (Å²) < 4.78 is 18.2. The Bertz CT molecular complexity index is 877. The summed E-state index contributed by atoms with van der Waals surface area (Å²) in [5.74, 6) is 2.77. The van der Waals surface area contributed by atoms with E-state index in [1.807, 2.05) is 24.3 Å². The minimum atomic E-state index is -0.749. The average molecular weight is 501 g/mol. The number of rotatable bonds is 10. The van der Waals surface area contributed by atoms with E-state index in [9.17, 15) is 9.90 Å². The van der Waals surface area contributed by atoms with E-state index in [1.165, 1.54) is 19.3 Å². The van der Waals surface area contributed by atoms with Gasteiger partial charge in [-0.25, -0.2) is 0 Å². The molecule has 0 amide bonds. The topological polar surface area (TPSA) is 65.0 Å². The molecule has 5 heteroatoms. The van der Waals surface area contributed by atoms with E-state index < -0.39 is 6.10 Å². The molecule has 1 N–H and O–H groups in total. The van der Waals surface area contributed by atoms with E-state index in [-0.39, 0.29) is 35.1 Å². The normalized spacial score (nSPS) is 34.7. The van der Waals surface area contributed by atoms with Crippen molar-refractivity contribution in [2.45, 2.75) is 117 Å². The van der Waals surface area contributed by atoms with E-state index in [0.717, 1.165) is 43.4 Å². The fraction of sp³-hybridized carbons (Fsp3) is 0.774. The smallest absolute Gasteiger partial charge is 0.185 e. The second-order valence-electron chi connectivity index (χ2n) is 12.8. The first-order valence-corrected chi connectivity index (χ1v) is 14.2. The molecule has 3 aliphatic rings. The standard InChI is InChI=1S/C31H48O5/c1-20(2)8-7-9-21(24-15-16-25-28(33)26(32)18-19-31(24,25)5)12-17-27-30(3,4)36-29(35-27)22-10-13-23(34-6)14-11-22/h10-11,13-14,20-21,24-27,29,32H,7-9,12,15-19H2,1-6H3/t21-,24?,25?,26?,27+,29?,31?/m0/s1. The first-order chi connectivity index (χ1) is 17.0. The van der Waals surface area contributed by atoms with Gasteiger partial charge in [-0.3, -0.25) is 4.79 Å². The van der Waals surface area contributed by atoms with Crippen LogP contribution in [0.1, 0.15) is 104 Å². The van der Waals surface area contributed by atoms with Crippen LogP contribution in [0.15, 0.2) is 24.3 Å². The van der Waals surface area contributed by atoms with Crippen LogP contribution in [-0.4, -0.2) is 35.8 Å². The van der Waals surface area contributed by atoms with Gasteiger partial charge in [0.15, 0.2) is 12.1 Å². The summed E-state index contributed by atoms with van der Waals surface area (Å²) in [6.45, 7) is 11.2. The van der Waals surface area contributed by atoms with Gasteiger partial charge in [-0.05, 0) is 87.7 Å². The number of hydrogen-bond acceptors (Lipinski definition) is 5. The highest BCUT2D eigenvalue weighted by atomic mass is 16.7. The number of aliphatic hydroxyl groups excluding tert-OH is 1. The minimum Gasteiger partial charge on any atom is -0.497 e. The van der Waals surface area contributed by atoms with Gasteiger partial charge in [0.2, 0.25) is 0 Å². The van der Waals surface area contributed by atoms with E-state index >= 15 is 0 Å². The maximum Gasteiger partial charge on any atom is 0.185 e. The molecule has 4 rings (SSSR count). The number of fused-ring (bicyclic) bond motifs is 1. The molecular weight excluding hydrogens is 452 g/mol. The quantitative estimate of drug-likeness (QED) is 0.380. The van der Waals surface area contributed by atoms with Crippen molar-refractivity contribution in [3.63, 3.8) is 0 Å². The summed E-state index contributed by atoms with van der Waals surface area (Å²) >= 11 is 0. The SMILES string of the molecule is COc1ccc(C2O[C@H](CC[C@H](CCCC(C)C)C3CCC4C(=O)C(O)CCC43C)C(C)(C)O2)cc1. The molecule has 1 aromatic carbocycles. The number of ketones is 1. The summed E-state index contributed by atoms with van der Waals surface area (Å²) in [6.07, 6.45) is 8.27. The Kier molecular flexibility index (Phi) is 8.53. The molecule has 1 saturated heterocycles. The number of carbonyl (C=O) groups is 1. The molecule has 1 aliphatic heterocycles. The van der Waals surface area contributed by atoms with Crippen LogP contribution < -0.4 is 4.74 Å². The second-order valence-corrected chi connectivity index (χ2v) is 12.8. The Morgan fingerprint density at radius 1 is 1.06 bits per heavy atom. The van der Waals surface area contributed by atoms with Gasteiger partial charge in [-0.2, -0.15) is 0 Å².